The maximum atomic E-state index is 12.5. The maximum absolute atomic E-state index is 12.5. The summed E-state index contributed by atoms with van der Waals surface area (Å²) in [6.07, 6.45) is -4.55. The molecule has 0 bridgehead atoms. The summed E-state index contributed by atoms with van der Waals surface area (Å²) in [4.78, 5) is 11.7. The fraction of sp³-hybridized carbons (Fsp3) is 0.235. The first kappa shape index (κ1) is 21.2. The summed E-state index contributed by atoms with van der Waals surface area (Å²) >= 11 is 5.84. The SMILES string of the molecule is O=C(CCNS(=O)(=O)c1ccccc1Cl)NCc1ccc(C(F)(F)F)cc1. The van der Waals surface area contributed by atoms with Crippen molar-refractivity contribution in [2.24, 2.45) is 0 Å². The van der Waals surface area contributed by atoms with Gasteiger partial charge in [-0.25, -0.2) is 13.1 Å². The maximum Gasteiger partial charge on any atom is 0.416 e. The van der Waals surface area contributed by atoms with Gasteiger partial charge in [0.1, 0.15) is 4.90 Å². The second-order valence-electron chi connectivity index (χ2n) is 5.55. The molecule has 1 amide bonds. The molecule has 0 saturated carbocycles. The number of rotatable bonds is 7. The van der Waals surface area contributed by atoms with Crippen molar-refractivity contribution in [1.29, 1.82) is 0 Å². The molecule has 0 aliphatic heterocycles. The topological polar surface area (TPSA) is 75.3 Å². The average molecular weight is 421 g/mol. The summed E-state index contributed by atoms with van der Waals surface area (Å²) in [6.45, 7) is -0.110. The second-order valence-corrected chi connectivity index (χ2v) is 7.69. The van der Waals surface area contributed by atoms with E-state index in [4.69, 9.17) is 11.6 Å². The van der Waals surface area contributed by atoms with Crippen LogP contribution in [0.2, 0.25) is 5.02 Å². The Morgan fingerprint density at radius 2 is 1.67 bits per heavy atom. The molecule has 0 saturated heterocycles. The fourth-order valence-corrected chi connectivity index (χ4v) is 3.69. The van der Waals surface area contributed by atoms with Crippen LogP contribution >= 0.6 is 11.6 Å². The van der Waals surface area contributed by atoms with Crippen molar-refractivity contribution < 1.29 is 26.4 Å². The molecule has 0 fully saturated rings. The lowest BCUT2D eigenvalue weighted by atomic mass is 10.1. The quantitative estimate of drug-likeness (QED) is 0.721. The third-order valence-electron chi connectivity index (χ3n) is 3.54. The summed E-state index contributed by atoms with van der Waals surface area (Å²) in [7, 11) is -3.84. The fourth-order valence-electron chi connectivity index (χ4n) is 2.14. The highest BCUT2D eigenvalue weighted by atomic mass is 35.5. The number of alkyl halides is 3. The van der Waals surface area contributed by atoms with Gasteiger partial charge in [-0.15, -0.1) is 0 Å². The van der Waals surface area contributed by atoms with Crippen LogP contribution in [0.5, 0.6) is 0 Å². The van der Waals surface area contributed by atoms with Crippen molar-refractivity contribution in [2.75, 3.05) is 6.54 Å². The Labute approximate surface area is 159 Å². The van der Waals surface area contributed by atoms with Crippen molar-refractivity contribution in [3.8, 4) is 0 Å². The van der Waals surface area contributed by atoms with E-state index in [1.54, 1.807) is 6.07 Å². The van der Waals surface area contributed by atoms with E-state index in [9.17, 15) is 26.4 Å². The number of benzene rings is 2. The molecule has 146 valence electrons. The Bertz CT molecular complexity index is 900. The zero-order chi connectivity index (χ0) is 20.1. The molecule has 27 heavy (non-hydrogen) atoms. The van der Waals surface area contributed by atoms with E-state index in [-0.39, 0.29) is 29.4 Å². The van der Waals surface area contributed by atoms with Crippen molar-refractivity contribution in [2.45, 2.75) is 24.0 Å². The van der Waals surface area contributed by atoms with Gasteiger partial charge >= 0.3 is 6.18 Å². The van der Waals surface area contributed by atoms with Crippen LogP contribution < -0.4 is 10.0 Å². The van der Waals surface area contributed by atoms with E-state index in [1.165, 1.54) is 30.3 Å². The minimum Gasteiger partial charge on any atom is -0.352 e. The third-order valence-corrected chi connectivity index (χ3v) is 5.50. The number of amides is 1. The number of carbonyl (C=O) groups is 1. The van der Waals surface area contributed by atoms with Crippen LogP contribution in [0.25, 0.3) is 0 Å². The zero-order valence-electron chi connectivity index (χ0n) is 13.9. The standard InChI is InChI=1S/C17H16ClF3N2O3S/c18-14-3-1-2-4-15(14)27(25,26)23-10-9-16(24)22-11-12-5-7-13(8-6-12)17(19,20)21/h1-8,23H,9-11H2,(H,22,24). The Morgan fingerprint density at radius 3 is 2.26 bits per heavy atom. The first-order valence-electron chi connectivity index (χ1n) is 7.76. The molecular weight excluding hydrogens is 405 g/mol. The normalized spacial score (nSPS) is 12.0. The van der Waals surface area contributed by atoms with E-state index in [1.807, 2.05) is 0 Å². The van der Waals surface area contributed by atoms with Crippen LogP contribution in [0.4, 0.5) is 13.2 Å². The predicted molar refractivity (Wildman–Crippen MR) is 94.5 cm³/mol. The van der Waals surface area contributed by atoms with E-state index >= 15 is 0 Å². The number of hydrogen-bond donors (Lipinski definition) is 2. The molecule has 0 spiro atoms. The van der Waals surface area contributed by atoms with E-state index in [0.717, 1.165) is 12.1 Å². The summed E-state index contributed by atoms with van der Waals surface area (Å²) in [5, 5.41) is 2.58. The molecule has 5 nitrogen and oxygen atoms in total. The van der Waals surface area contributed by atoms with Gasteiger partial charge in [0.25, 0.3) is 0 Å². The van der Waals surface area contributed by atoms with Gasteiger partial charge < -0.3 is 5.32 Å². The van der Waals surface area contributed by atoms with Crippen LogP contribution in [0.15, 0.2) is 53.4 Å². The highest BCUT2D eigenvalue weighted by Gasteiger charge is 2.29. The number of halogens is 4. The first-order valence-corrected chi connectivity index (χ1v) is 9.63. The van der Waals surface area contributed by atoms with Gasteiger partial charge in [-0.2, -0.15) is 13.2 Å². The van der Waals surface area contributed by atoms with Crippen molar-refractivity contribution in [3.05, 3.63) is 64.7 Å². The Balaban J connectivity index is 1.80. The van der Waals surface area contributed by atoms with Crippen LogP contribution in [0.1, 0.15) is 17.5 Å². The van der Waals surface area contributed by atoms with Gasteiger partial charge in [0.05, 0.1) is 10.6 Å². The van der Waals surface area contributed by atoms with E-state index in [2.05, 4.69) is 10.0 Å². The van der Waals surface area contributed by atoms with Crippen LogP contribution in [0, 0.1) is 0 Å². The molecule has 2 aromatic carbocycles. The van der Waals surface area contributed by atoms with Crippen molar-refractivity contribution in [1.82, 2.24) is 10.0 Å². The van der Waals surface area contributed by atoms with Crippen LogP contribution in [0.3, 0.4) is 0 Å². The molecule has 0 aliphatic rings. The molecule has 0 aromatic heterocycles. The molecule has 2 N–H and O–H groups in total. The average Bonchev–Trinajstić information content (AvgIpc) is 2.59. The highest BCUT2D eigenvalue weighted by Crippen LogP contribution is 2.29. The molecule has 2 aromatic rings. The van der Waals surface area contributed by atoms with E-state index in [0.29, 0.717) is 5.56 Å². The Kier molecular flexibility index (Phi) is 6.85. The molecule has 10 heteroatoms. The second kappa shape index (κ2) is 8.73. The number of sulfonamides is 1. The van der Waals surface area contributed by atoms with E-state index < -0.39 is 27.7 Å². The molecule has 0 unspecified atom stereocenters. The Hall–Kier alpha value is -2.10. The van der Waals surface area contributed by atoms with Crippen LogP contribution in [-0.2, 0) is 27.5 Å². The molecule has 2 rings (SSSR count). The third kappa shape index (κ3) is 6.23. The molecule has 0 radical (unpaired) electrons. The smallest absolute Gasteiger partial charge is 0.352 e. The monoisotopic (exact) mass is 420 g/mol. The number of nitrogens with one attached hydrogen (secondary N) is 2. The lowest BCUT2D eigenvalue weighted by Gasteiger charge is -2.10. The summed E-state index contributed by atoms with van der Waals surface area (Å²) in [5.41, 5.74) is -0.278. The predicted octanol–water partition coefficient (Wildman–Crippen LogP) is 3.34. The highest BCUT2D eigenvalue weighted by molar-refractivity contribution is 7.89. The van der Waals surface area contributed by atoms with Gasteiger partial charge in [0.2, 0.25) is 15.9 Å². The molecule has 0 heterocycles. The lowest BCUT2D eigenvalue weighted by molar-refractivity contribution is -0.137. The Morgan fingerprint density at radius 1 is 1.04 bits per heavy atom. The number of carbonyl (C=O) groups excluding carboxylic acids is 1. The lowest BCUT2D eigenvalue weighted by Crippen LogP contribution is -2.30. The minimum atomic E-state index is -4.42. The van der Waals surface area contributed by atoms with Crippen molar-refractivity contribution in [3.63, 3.8) is 0 Å². The molecular formula is C17H16ClF3N2O3S. The van der Waals surface area contributed by atoms with Gasteiger partial charge in [0, 0.05) is 19.5 Å². The van der Waals surface area contributed by atoms with Crippen molar-refractivity contribution >= 4 is 27.5 Å². The summed E-state index contributed by atoms with van der Waals surface area (Å²) < 4.78 is 63.9. The minimum absolute atomic E-state index is 0.0359. The molecule has 0 atom stereocenters. The largest absolute Gasteiger partial charge is 0.416 e. The van der Waals surface area contributed by atoms with Gasteiger partial charge in [-0.05, 0) is 29.8 Å². The summed E-state index contributed by atoms with van der Waals surface area (Å²) in [6, 6.07) is 10.3. The van der Waals surface area contributed by atoms with Gasteiger partial charge in [-0.1, -0.05) is 35.9 Å². The van der Waals surface area contributed by atoms with Gasteiger partial charge in [-0.3, -0.25) is 4.79 Å². The van der Waals surface area contributed by atoms with Gasteiger partial charge in [0.15, 0.2) is 0 Å². The molecule has 0 aliphatic carbocycles. The van der Waals surface area contributed by atoms with Crippen LogP contribution in [-0.4, -0.2) is 20.9 Å². The first-order chi connectivity index (χ1) is 12.6. The zero-order valence-corrected chi connectivity index (χ0v) is 15.5. The number of hydrogen-bond acceptors (Lipinski definition) is 3. The summed E-state index contributed by atoms with van der Waals surface area (Å²) in [5.74, 6) is -0.447.